The van der Waals surface area contributed by atoms with E-state index in [1.54, 1.807) is 24.3 Å². The minimum absolute atomic E-state index is 0.0146. The second-order valence-corrected chi connectivity index (χ2v) is 6.70. The van der Waals surface area contributed by atoms with Crippen LogP contribution in [-0.4, -0.2) is 17.6 Å². The number of hydrogen-bond acceptors (Lipinski definition) is 3. The second kappa shape index (κ2) is 9.18. The number of carbonyl (C=O) groups excluding carboxylic acids is 1. The number of amides is 1. The molecule has 2 aromatic rings. The molecule has 25 heavy (non-hydrogen) atoms. The lowest BCUT2D eigenvalue weighted by Crippen LogP contribution is -2.40. The molecule has 0 saturated carbocycles. The predicted molar refractivity (Wildman–Crippen MR) is 105 cm³/mol. The first-order valence-electron chi connectivity index (χ1n) is 8.35. The van der Waals surface area contributed by atoms with Crippen molar-refractivity contribution in [3.05, 3.63) is 65.7 Å². The van der Waals surface area contributed by atoms with Gasteiger partial charge in [-0.15, -0.1) is 0 Å². The topological polar surface area (TPSA) is 50.4 Å². The van der Waals surface area contributed by atoms with Crippen molar-refractivity contribution in [2.45, 2.75) is 26.8 Å². The molecule has 0 bridgehead atoms. The van der Waals surface area contributed by atoms with Crippen LogP contribution in [0, 0.1) is 5.92 Å². The van der Waals surface area contributed by atoms with Crippen LogP contribution in [0.5, 0.6) is 5.75 Å². The van der Waals surface area contributed by atoms with Crippen molar-refractivity contribution in [2.75, 3.05) is 6.61 Å². The molecule has 2 rings (SSSR count). The van der Waals surface area contributed by atoms with Gasteiger partial charge in [0.2, 0.25) is 0 Å². The summed E-state index contributed by atoms with van der Waals surface area (Å²) >= 11 is 5.23. The Morgan fingerprint density at radius 2 is 1.68 bits per heavy atom. The fourth-order valence-corrected chi connectivity index (χ4v) is 2.47. The summed E-state index contributed by atoms with van der Waals surface area (Å²) in [5, 5.41) is 6.13. The standard InChI is InChI=1S/C20H24N2O2S/c1-14(2)13-24-18-11-9-17(10-12-18)19(23)22-20(25)21-15(3)16-7-5-4-6-8-16/h4-12,14-15H,13H2,1-3H3,(H2,21,22,23,25). The minimum atomic E-state index is -0.242. The molecule has 0 aliphatic rings. The Balaban J connectivity index is 1.87. The van der Waals surface area contributed by atoms with Crippen LogP contribution in [0.4, 0.5) is 0 Å². The molecule has 2 aromatic carbocycles. The van der Waals surface area contributed by atoms with Gasteiger partial charge in [-0.05, 0) is 54.9 Å². The molecule has 5 heteroatoms. The van der Waals surface area contributed by atoms with Gasteiger partial charge in [-0.3, -0.25) is 10.1 Å². The van der Waals surface area contributed by atoms with Crippen molar-refractivity contribution >= 4 is 23.2 Å². The van der Waals surface area contributed by atoms with Crippen LogP contribution in [0.15, 0.2) is 54.6 Å². The van der Waals surface area contributed by atoms with E-state index in [2.05, 4.69) is 24.5 Å². The third-order valence-electron chi connectivity index (χ3n) is 3.57. The van der Waals surface area contributed by atoms with E-state index in [0.29, 0.717) is 23.2 Å². The third kappa shape index (κ3) is 6.19. The van der Waals surface area contributed by atoms with Gasteiger partial charge in [0.1, 0.15) is 5.75 Å². The number of rotatable bonds is 6. The average molecular weight is 356 g/mol. The molecule has 0 radical (unpaired) electrons. The molecule has 0 saturated heterocycles. The molecule has 2 N–H and O–H groups in total. The number of carbonyl (C=O) groups is 1. The summed E-state index contributed by atoms with van der Waals surface area (Å²) in [6.07, 6.45) is 0. The van der Waals surface area contributed by atoms with Gasteiger partial charge in [-0.25, -0.2) is 0 Å². The van der Waals surface area contributed by atoms with Crippen LogP contribution in [0.3, 0.4) is 0 Å². The van der Waals surface area contributed by atoms with Crippen molar-refractivity contribution in [1.82, 2.24) is 10.6 Å². The van der Waals surface area contributed by atoms with Crippen LogP contribution >= 0.6 is 12.2 Å². The van der Waals surface area contributed by atoms with E-state index < -0.39 is 0 Å². The van der Waals surface area contributed by atoms with Gasteiger partial charge >= 0.3 is 0 Å². The van der Waals surface area contributed by atoms with Crippen molar-refractivity contribution in [2.24, 2.45) is 5.92 Å². The summed E-state index contributed by atoms with van der Waals surface area (Å²) in [6.45, 7) is 6.82. The van der Waals surface area contributed by atoms with Crippen LogP contribution in [0.25, 0.3) is 0 Å². The summed E-state index contributed by atoms with van der Waals surface area (Å²) in [7, 11) is 0. The first-order valence-corrected chi connectivity index (χ1v) is 8.76. The average Bonchev–Trinajstić information content (AvgIpc) is 2.61. The quantitative estimate of drug-likeness (QED) is 0.766. The number of nitrogens with one attached hydrogen (secondary N) is 2. The molecule has 0 aliphatic heterocycles. The van der Waals surface area contributed by atoms with Gasteiger partial charge in [0, 0.05) is 5.56 Å². The normalized spacial score (nSPS) is 11.7. The smallest absolute Gasteiger partial charge is 0.257 e. The molecule has 1 amide bonds. The highest BCUT2D eigenvalue weighted by molar-refractivity contribution is 7.80. The second-order valence-electron chi connectivity index (χ2n) is 6.29. The van der Waals surface area contributed by atoms with Crippen molar-refractivity contribution in [3.63, 3.8) is 0 Å². The van der Waals surface area contributed by atoms with Crippen LogP contribution < -0.4 is 15.4 Å². The van der Waals surface area contributed by atoms with E-state index in [1.165, 1.54) is 0 Å². The Bertz CT molecular complexity index is 699. The zero-order chi connectivity index (χ0) is 18.2. The summed E-state index contributed by atoms with van der Waals surface area (Å²) in [6, 6.07) is 17.0. The Hall–Kier alpha value is -2.40. The summed E-state index contributed by atoms with van der Waals surface area (Å²) in [4.78, 5) is 12.3. The fraction of sp³-hybridized carbons (Fsp3) is 0.300. The monoisotopic (exact) mass is 356 g/mol. The fourth-order valence-electron chi connectivity index (χ4n) is 2.20. The SMILES string of the molecule is CC(C)COc1ccc(C(=O)NC(=S)NC(C)c2ccccc2)cc1. The van der Waals surface area contributed by atoms with Gasteiger partial charge in [0.25, 0.3) is 5.91 Å². The number of thiocarbonyl (C=S) groups is 1. The maximum absolute atomic E-state index is 12.3. The van der Waals surface area contributed by atoms with E-state index in [0.717, 1.165) is 11.3 Å². The predicted octanol–water partition coefficient (Wildman–Crippen LogP) is 4.09. The van der Waals surface area contributed by atoms with Gasteiger partial charge in [-0.1, -0.05) is 44.2 Å². The Labute approximate surface area is 154 Å². The van der Waals surface area contributed by atoms with Crippen molar-refractivity contribution in [1.29, 1.82) is 0 Å². The highest BCUT2D eigenvalue weighted by Gasteiger charge is 2.11. The zero-order valence-corrected chi connectivity index (χ0v) is 15.6. The lowest BCUT2D eigenvalue weighted by atomic mass is 10.1. The summed E-state index contributed by atoms with van der Waals surface area (Å²) in [5.41, 5.74) is 1.64. The van der Waals surface area contributed by atoms with E-state index in [-0.39, 0.29) is 11.9 Å². The maximum Gasteiger partial charge on any atom is 0.257 e. The maximum atomic E-state index is 12.3. The highest BCUT2D eigenvalue weighted by Crippen LogP contribution is 2.14. The molecule has 1 atom stereocenters. The Kier molecular flexibility index (Phi) is 6.95. The first kappa shape index (κ1) is 18.9. The van der Waals surface area contributed by atoms with Crippen LogP contribution in [0.2, 0.25) is 0 Å². The summed E-state index contributed by atoms with van der Waals surface area (Å²) < 4.78 is 5.62. The van der Waals surface area contributed by atoms with E-state index in [4.69, 9.17) is 17.0 Å². The van der Waals surface area contributed by atoms with Crippen molar-refractivity contribution in [3.8, 4) is 5.75 Å². The number of ether oxygens (including phenoxy) is 1. The molecule has 4 nitrogen and oxygen atoms in total. The molecular weight excluding hydrogens is 332 g/mol. The lowest BCUT2D eigenvalue weighted by molar-refractivity contribution is 0.0976. The van der Waals surface area contributed by atoms with Gasteiger partial charge in [0.15, 0.2) is 5.11 Å². The van der Waals surface area contributed by atoms with Gasteiger partial charge < -0.3 is 10.1 Å². The molecule has 0 spiro atoms. The minimum Gasteiger partial charge on any atom is -0.493 e. The molecule has 0 aliphatic carbocycles. The molecule has 0 heterocycles. The highest BCUT2D eigenvalue weighted by atomic mass is 32.1. The number of benzene rings is 2. The first-order chi connectivity index (χ1) is 12.0. The van der Waals surface area contributed by atoms with E-state index >= 15 is 0 Å². The number of hydrogen-bond donors (Lipinski definition) is 2. The molecule has 0 fully saturated rings. The van der Waals surface area contributed by atoms with Gasteiger partial charge in [0.05, 0.1) is 12.6 Å². The lowest BCUT2D eigenvalue weighted by Gasteiger charge is -2.16. The molecule has 1 unspecified atom stereocenters. The van der Waals surface area contributed by atoms with Crippen LogP contribution in [-0.2, 0) is 0 Å². The van der Waals surface area contributed by atoms with Crippen molar-refractivity contribution < 1.29 is 9.53 Å². The largest absolute Gasteiger partial charge is 0.493 e. The zero-order valence-electron chi connectivity index (χ0n) is 14.8. The molecule has 0 aromatic heterocycles. The summed E-state index contributed by atoms with van der Waals surface area (Å²) in [5.74, 6) is 0.967. The third-order valence-corrected chi connectivity index (χ3v) is 3.79. The van der Waals surface area contributed by atoms with Crippen LogP contribution in [0.1, 0.15) is 42.7 Å². The molecular formula is C20H24N2O2S. The Morgan fingerprint density at radius 1 is 1.04 bits per heavy atom. The van der Waals surface area contributed by atoms with E-state index in [1.807, 2.05) is 37.3 Å². The Morgan fingerprint density at radius 3 is 2.28 bits per heavy atom. The van der Waals surface area contributed by atoms with E-state index in [9.17, 15) is 4.79 Å². The van der Waals surface area contributed by atoms with Gasteiger partial charge in [-0.2, -0.15) is 0 Å². The molecule has 132 valence electrons.